The summed E-state index contributed by atoms with van der Waals surface area (Å²) in [6, 6.07) is 0. The molecule has 96 valence electrons. The Morgan fingerprint density at radius 3 is 2.62 bits per heavy atom. The Balaban J connectivity index is 1.97. The molecule has 0 saturated carbocycles. The molecule has 1 aliphatic rings. The van der Waals surface area contributed by atoms with Crippen molar-refractivity contribution in [1.82, 2.24) is 0 Å². The average molecular weight is 246 g/mol. The van der Waals surface area contributed by atoms with Crippen LogP contribution in [0, 0.1) is 0 Å². The van der Waals surface area contributed by atoms with Crippen LogP contribution in [0.2, 0.25) is 0 Å². The number of ether oxygens (including phenoxy) is 2. The molecule has 0 bridgehead atoms. The van der Waals surface area contributed by atoms with Gasteiger partial charge in [-0.05, 0) is 19.3 Å². The summed E-state index contributed by atoms with van der Waals surface area (Å²) < 4.78 is 11.5. The summed E-state index contributed by atoms with van der Waals surface area (Å²) in [5.41, 5.74) is 0. The molecule has 1 saturated heterocycles. The Morgan fingerprint density at radius 2 is 1.88 bits per heavy atom. The Morgan fingerprint density at radius 1 is 1.12 bits per heavy atom. The molecule has 0 aliphatic carbocycles. The van der Waals surface area contributed by atoms with Crippen molar-refractivity contribution in [2.24, 2.45) is 0 Å². The van der Waals surface area contributed by atoms with Crippen LogP contribution < -0.4 is 0 Å². The summed E-state index contributed by atoms with van der Waals surface area (Å²) >= 11 is 2.02. The molecule has 0 aromatic rings. The van der Waals surface area contributed by atoms with Gasteiger partial charge in [0.2, 0.25) is 0 Å². The van der Waals surface area contributed by atoms with Gasteiger partial charge in [-0.2, -0.15) is 11.8 Å². The van der Waals surface area contributed by atoms with Gasteiger partial charge < -0.3 is 9.47 Å². The zero-order chi connectivity index (χ0) is 11.6. The number of thioether (sulfide) groups is 1. The first-order chi connectivity index (χ1) is 7.86. The van der Waals surface area contributed by atoms with Crippen molar-refractivity contribution >= 4 is 11.8 Å². The van der Waals surface area contributed by atoms with E-state index in [0.29, 0.717) is 11.4 Å². The summed E-state index contributed by atoms with van der Waals surface area (Å²) in [5, 5.41) is 0.670. The quantitative estimate of drug-likeness (QED) is 0.580. The van der Waals surface area contributed by atoms with Crippen molar-refractivity contribution < 1.29 is 9.47 Å². The van der Waals surface area contributed by atoms with Crippen molar-refractivity contribution in [2.45, 2.75) is 57.3 Å². The zero-order valence-electron chi connectivity index (χ0n) is 10.7. The van der Waals surface area contributed by atoms with E-state index in [2.05, 4.69) is 13.8 Å². The molecule has 3 heteroatoms. The summed E-state index contributed by atoms with van der Waals surface area (Å²) in [7, 11) is 0. The first-order valence-electron chi connectivity index (χ1n) is 6.67. The molecular formula is C13H26O2S. The van der Waals surface area contributed by atoms with Crippen LogP contribution in [0.5, 0.6) is 0 Å². The van der Waals surface area contributed by atoms with Gasteiger partial charge in [0.25, 0.3) is 0 Å². The van der Waals surface area contributed by atoms with Crippen LogP contribution in [0.4, 0.5) is 0 Å². The predicted molar refractivity (Wildman–Crippen MR) is 71.2 cm³/mol. The lowest BCUT2D eigenvalue weighted by Gasteiger charge is -2.11. The number of unbranched alkanes of at least 4 members (excludes halogenated alkanes) is 2. The SMILES string of the molecule is CCCCOC[C@@H]1C[C@H](OCCCC)CS1. The summed E-state index contributed by atoms with van der Waals surface area (Å²) in [5.74, 6) is 1.16. The second kappa shape index (κ2) is 9.32. The average Bonchev–Trinajstić information content (AvgIpc) is 2.73. The molecule has 2 nitrogen and oxygen atoms in total. The van der Waals surface area contributed by atoms with Gasteiger partial charge in [0.05, 0.1) is 12.7 Å². The van der Waals surface area contributed by atoms with Crippen LogP contribution in [0.15, 0.2) is 0 Å². The second-order valence-corrected chi connectivity index (χ2v) is 5.80. The van der Waals surface area contributed by atoms with Gasteiger partial charge in [0, 0.05) is 24.2 Å². The fourth-order valence-corrected chi connectivity index (χ4v) is 3.02. The van der Waals surface area contributed by atoms with Crippen molar-refractivity contribution in [3.05, 3.63) is 0 Å². The van der Waals surface area contributed by atoms with E-state index in [1.807, 2.05) is 11.8 Å². The van der Waals surface area contributed by atoms with Gasteiger partial charge in [0.15, 0.2) is 0 Å². The molecular weight excluding hydrogens is 220 g/mol. The smallest absolute Gasteiger partial charge is 0.0677 e. The van der Waals surface area contributed by atoms with E-state index >= 15 is 0 Å². The Kier molecular flexibility index (Phi) is 8.34. The van der Waals surface area contributed by atoms with E-state index in [-0.39, 0.29) is 0 Å². The molecule has 0 amide bonds. The monoisotopic (exact) mass is 246 g/mol. The highest BCUT2D eigenvalue weighted by Gasteiger charge is 2.25. The third-order valence-corrected chi connectivity index (χ3v) is 4.21. The van der Waals surface area contributed by atoms with E-state index in [1.165, 1.54) is 32.1 Å². The van der Waals surface area contributed by atoms with Crippen molar-refractivity contribution in [3.63, 3.8) is 0 Å². The fraction of sp³-hybridized carbons (Fsp3) is 1.00. The maximum Gasteiger partial charge on any atom is 0.0677 e. The third kappa shape index (κ3) is 6.12. The number of hydrogen-bond acceptors (Lipinski definition) is 3. The molecule has 0 radical (unpaired) electrons. The first kappa shape index (κ1) is 14.3. The number of rotatable bonds is 9. The fourth-order valence-electron chi connectivity index (χ4n) is 1.76. The summed E-state index contributed by atoms with van der Waals surface area (Å²) in [4.78, 5) is 0. The highest BCUT2D eigenvalue weighted by Crippen LogP contribution is 2.29. The normalized spacial score (nSPS) is 25.1. The minimum Gasteiger partial charge on any atom is -0.380 e. The summed E-state index contributed by atoms with van der Waals surface area (Å²) in [6.45, 7) is 7.18. The van der Waals surface area contributed by atoms with E-state index in [4.69, 9.17) is 9.47 Å². The van der Waals surface area contributed by atoms with Crippen molar-refractivity contribution in [2.75, 3.05) is 25.6 Å². The standard InChI is InChI=1S/C13H26O2S/c1-3-5-7-14-10-13-9-12(11-16-13)15-8-6-4-2/h12-13H,3-11H2,1-2H3/t12-,13-/m0/s1. The molecule has 2 atom stereocenters. The second-order valence-electron chi connectivity index (χ2n) is 4.47. The van der Waals surface area contributed by atoms with E-state index in [0.717, 1.165) is 25.6 Å². The predicted octanol–water partition coefficient (Wildman–Crippen LogP) is 3.49. The van der Waals surface area contributed by atoms with Crippen LogP contribution in [0.1, 0.15) is 46.0 Å². The van der Waals surface area contributed by atoms with Gasteiger partial charge in [-0.15, -0.1) is 0 Å². The minimum atomic E-state index is 0.483. The highest BCUT2D eigenvalue weighted by atomic mass is 32.2. The maximum absolute atomic E-state index is 5.82. The molecule has 1 rings (SSSR count). The van der Waals surface area contributed by atoms with Gasteiger partial charge >= 0.3 is 0 Å². The van der Waals surface area contributed by atoms with Crippen LogP contribution in [-0.2, 0) is 9.47 Å². The maximum atomic E-state index is 5.82. The lowest BCUT2D eigenvalue weighted by atomic mass is 10.2. The molecule has 0 aromatic carbocycles. The molecule has 1 heterocycles. The van der Waals surface area contributed by atoms with E-state index in [1.54, 1.807) is 0 Å². The van der Waals surface area contributed by atoms with Gasteiger partial charge in [-0.25, -0.2) is 0 Å². The van der Waals surface area contributed by atoms with Crippen LogP contribution in [0.25, 0.3) is 0 Å². The molecule has 1 fully saturated rings. The van der Waals surface area contributed by atoms with Crippen molar-refractivity contribution in [3.8, 4) is 0 Å². The van der Waals surface area contributed by atoms with Crippen LogP contribution in [0.3, 0.4) is 0 Å². The Hall–Kier alpha value is 0.270. The lowest BCUT2D eigenvalue weighted by molar-refractivity contribution is 0.0581. The Bertz CT molecular complexity index is 164. The van der Waals surface area contributed by atoms with Gasteiger partial charge in [-0.3, -0.25) is 0 Å². The zero-order valence-corrected chi connectivity index (χ0v) is 11.6. The van der Waals surface area contributed by atoms with E-state index < -0.39 is 0 Å². The molecule has 1 aliphatic heterocycles. The first-order valence-corrected chi connectivity index (χ1v) is 7.72. The van der Waals surface area contributed by atoms with Crippen LogP contribution >= 0.6 is 11.8 Å². The molecule has 0 aromatic heterocycles. The van der Waals surface area contributed by atoms with E-state index in [9.17, 15) is 0 Å². The van der Waals surface area contributed by atoms with Gasteiger partial charge in [0.1, 0.15) is 0 Å². The lowest BCUT2D eigenvalue weighted by Crippen LogP contribution is -2.16. The van der Waals surface area contributed by atoms with Gasteiger partial charge in [-0.1, -0.05) is 26.7 Å². The molecule has 0 N–H and O–H groups in total. The van der Waals surface area contributed by atoms with Crippen LogP contribution in [-0.4, -0.2) is 36.9 Å². The minimum absolute atomic E-state index is 0.483. The molecule has 0 unspecified atom stereocenters. The highest BCUT2D eigenvalue weighted by molar-refractivity contribution is 8.00. The molecule has 16 heavy (non-hydrogen) atoms. The topological polar surface area (TPSA) is 18.5 Å². The third-order valence-electron chi connectivity index (χ3n) is 2.84. The number of hydrogen-bond donors (Lipinski definition) is 0. The van der Waals surface area contributed by atoms with Crippen molar-refractivity contribution in [1.29, 1.82) is 0 Å². The molecule has 0 spiro atoms. The Labute approximate surface area is 104 Å². The summed E-state index contributed by atoms with van der Waals surface area (Å²) in [6.07, 6.45) is 6.49. The largest absolute Gasteiger partial charge is 0.380 e.